The smallest absolute Gasteiger partial charge is 0.147 e. The van der Waals surface area contributed by atoms with Crippen LogP contribution in [0.5, 0.6) is 5.75 Å². The number of benzene rings is 2. The van der Waals surface area contributed by atoms with Gasteiger partial charge in [0.25, 0.3) is 0 Å². The predicted octanol–water partition coefficient (Wildman–Crippen LogP) is 4.17. The molecule has 3 nitrogen and oxygen atoms in total. The maximum Gasteiger partial charge on any atom is 0.147 e. The van der Waals surface area contributed by atoms with Crippen molar-refractivity contribution in [1.82, 2.24) is 0 Å². The normalized spacial score (nSPS) is 10.3. The second-order valence-corrected chi connectivity index (χ2v) is 5.33. The Bertz CT molecular complexity index is 706. The highest BCUT2D eigenvalue weighted by atomic mass is 35.5. The molecule has 0 aromatic heterocycles. The first kappa shape index (κ1) is 15.5. The van der Waals surface area contributed by atoms with Gasteiger partial charge in [-0.2, -0.15) is 0 Å². The largest absolute Gasteiger partial charge is 0.495 e. The molecule has 0 bridgehead atoms. The molecule has 0 spiro atoms. The third kappa shape index (κ3) is 3.43. The summed E-state index contributed by atoms with van der Waals surface area (Å²) in [6.45, 7) is 1.86. The lowest BCUT2D eigenvalue weighted by atomic mass is 10.1. The number of anilines is 2. The van der Waals surface area contributed by atoms with E-state index in [0.717, 1.165) is 5.56 Å². The average Bonchev–Trinajstić information content (AvgIpc) is 2.44. The van der Waals surface area contributed by atoms with Crippen molar-refractivity contribution in [1.29, 1.82) is 0 Å². The van der Waals surface area contributed by atoms with E-state index in [1.807, 2.05) is 6.92 Å². The molecule has 0 atom stereocenters. The van der Waals surface area contributed by atoms with Gasteiger partial charge in [0.2, 0.25) is 0 Å². The molecule has 0 radical (unpaired) electrons. The molecule has 0 aliphatic rings. The van der Waals surface area contributed by atoms with Crippen LogP contribution in [0.25, 0.3) is 0 Å². The van der Waals surface area contributed by atoms with Gasteiger partial charge in [0.15, 0.2) is 0 Å². The van der Waals surface area contributed by atoms with E-state index in [1.165, 1.54) is 13.2 Å². The Kier molecular flexibility index (Phi) is 4.65. The van der Waals surface area contributed by atoms with Crippen LogP contribution in [0.3, 0.4) is 0 Å². The summed E-state index contributed by atoms with van der Waals surface area (Å²) in [5.41, 5.74) is 7.74. The summed E-state index contributed by atoms with van der Waals surface area (Å²) in [5.74, 6) is 0.0818. The molecular formula is C15H14ClFN2OS. The van der Waals surface area contributed by atoms with E-state index in [4.69, 9.17) is 34.3 Å². The number of aryl methyl sites for hydroxylation is 1. The van der Waals surface area contributed by atoms with Crippen molar-refractivity contribution >= 4 is 40.2 Å². The van der Waals surface area contributed by atoms with Crippen molar-refractivity contribution in [2.24, 2.45) is 5.73 Å². The fourth-order valence-electron chi connectivity index (χ4n) is 1.84. The summed E-state index contributed by atoms with van der Waals surface area (Å²) in [6, 6.07) is 8.00. The number of halogens is 2. The van der Waals surface area contributed by atoms with E-state index in [2.05, 4.69) is 5.32 Å². The number of hydrogen-bond donors (Lipinski definition) is 2. The van der Waals surface area contributed by atoms with Crippen LogP contribution in [-0.2, 0) is 0 Å². The quantitative estimate of drug-likeness (QED) is 0.828. The number of methoxy groups -OCH3 is 1. The highest BCUT2D eigenvalue weighted by Gasteiger charge is 2.10. The number of ether oxygens (including phenoxy) is 1. The van der Waals surface area contributed by atoms with Crippen molar-refractivity contribution in [3.63, 3.8) is 0 Å². The molecule has 0 aliphatic heterocycles. The molecule has 0 unspecified atom stereocenters. The first-order valence-electron chi connectivity index (χ1n) is 6.13. The Balaban J connectivity index is 2.38. The molecule has 0 amide bonds. The first-order valence-corrected chi connectivity index (χ1v) is 6.91. The highest BCUT2D eigenvalue weighted by molar-refractivity contribution is 7.80. The predicted molar refractivity (Wildman–Crippen MR) is 88.3 cm³/mol. The summed E-state index contributed by atoms with van der Waals surface area (Å²) in [4.78, 5) is 0.153. The van der Waals surface area contributed by atoms with Crippen molar-refractivity contribution in [2.75, 3.05) is 12.4 Å². The third-order valence-corrected chi connectivity index (χ3v) is 3.65. The van der Waals surface area contributed by atoms with Crippen LogP contribution < -0.4 is 15.8 Å². The molecule has 0 saturated heterocycles. The second kappa shape index (κ2) is 6.28. The number of thiocarbonyl (C=S) groups is 1. The fourth-order valence-corrected chi connectivity index (χ4v) is 2.13. The van der Waals surface area contributed by atoms with Gasteiger partial charge in [0.05, 0.1) is 18.5 Å². The summed E-state index contributed by atoms with van der Waals surface area (Å²) in [7, 11) is 1.53. The minimum Gasteiger partial charge on any atom is -0.495 e. The third-order valence-electron chi connectivity index (χ3n) is 3.00. The van der Waals surface area contributed by atoms with Gasteiger partial charge in [-0.25, -0.2) is 4.39 Å². The molecule has 2 rings (SSSR count). The molecule has 0 saturated carbocycles. The Morgan fingerprint density at radius 2 is 2.00 bits per heavy atom. The van der Waals surface area contributed by atoms with Gasteiger partial charge < -0.3 is 15.8 Å². The average molecular weight is 325 g/mol. The van der Waals surface area contributed by atoms with Crippen LogP contribution in [0, 0.1) is 12.7 Å². The molecule has 0 fully saturated rings. The number of rotatable bonds is 4. The molecule has 21 heavy (non-hydrogen) atoms. The van der Waals surface area contributed by atoms with Gasteiger partial charge >= 0.3 is 0 Å². The molecule has 2 aromatic rings. The standard InChI is InChI=1S/C15H14ClFN2OS/c1-8-5-13(14(20-2)7-10(8)16)19-12-4-3-9(15(18)21)6-11(12)17/h3-7,19H,1-2H3,(H2,18,21). The summed E-state index contributed by atoms with van der Waals surface area (Å²) in [6.07, 6.45) is 0. The summed E-state index contributed by atoms with van der Waals surface area (Å²) in [5, 5.41) is 3.57. The Hall–Kier alpha value is -1.85. The number of nitrogens with one attached hydrogen (secondary N) is 1. The zero-order chi connectivity index (χ0) is 15.6. The second-order valence-electron chi connectivity index (χ2n) is 4.49. The Morgan fingerprint density at radius 3 is 2.57 bits per heavy atom. The Labute approximate surface area is 132 Å². The maximum atomic E-state index is 14.1. The van der Waals surface area contributed by atoms with Crippen molar-refractivity contribution in [3.8, 4) is 5.75 Å². The van der Waals surface area contributed by atoms with Crippen LogP contribution >= 0.6 is 23.8 Å². The van der Waals surface area contributed by atoms with Gasteiger partial charge in [-0.3, -0.25) is 0 Å². The van der Waals surface area contributed by atoms with Crippen LogP contribution in [0.4, 0.5) is 15.8 Å². The van der Waals surface area contributed by atoms with E-state index in [1.54, 1.807) is 24.3 Å². The molecule has 2 aromatic carbocycles. The molecule has 0 aliphatic carbocycles. The van der Waals surface area contributed by atoms with Gasteiger partial charge in [0.1, 0.15) is 16.6 Å². The zero-order valence-electron chi connectivity index (χ0n) is 11.5. The van der Waals surface area contributed by atoms with Crippen molar-refractivity contribution in [3.05, 3.63) is 52.3 Å². The topological polar surface area (TPSA) is 47.3 Å². The minimum atomic E-state index is -0.449. The van der Waals surface area contributed by atoms with E-state index in [-0.39, 0.29) is 4.99 Å². The molecule has 0 heterocycles. The van der Waals surface area contributed by atoms with Crippen LogP contribution in [0.15, 0.2) is 30.3 Å². The molecule has 110 valence electrons. The van der Waals surface area contributed by atoms with Crippen LogP contribution in [-0.4, -0.2) is 12.1 Å². The van der Waals surface area contributed by atoms with Crippen molar-refractivity contribution < 1.29 is 9.13 Å². The van der Waals surface area contributed by atoms with Crippen molar-refractivity contribution in [2.45, 2.75) is 6.92 Å². The Morgan fingerprint density at radius 1 is 1.29 bits per heavy atom. The van der Waals surface area contributed by atoms with Gasteiger partial charge in [0, 0.05) is 16.7 Å². The summed E-state index contributed by atoms with van der Waals surface area (Å²) >= 11 is 10.9. The van der Waals surface area contributed by atoms with Crippen LogP contribution in [0.2, 0.25) is 5.02 Å². The highest BCUT2D eigenvalue weighted by Crippen LogP contribution is 2.33. The van der Waals surface area contributed by atoms with E-state index < -0.39 is 5.82 Å². The van der Waals surface area contributed by atoms with Gasteiger partial charge in [-0.1, -0.05) is 23.8 Å². The lowest BCUT2D eigenvalue weighted by molar-refractivity contribution is 0.416. The van der Waals surface area contributed by atoms with Gasteiger partial charge in [-0.05, 0) is 36.8 Å². The van der Waals surface area contributed by atoms with Crippen LogP contribution in [0.1, 0.15) is 11.1 Å². The van der Waals surface area contributed by atoms with E-state index >= 15 is 0 Å². The zero-order valence-corrected chi connectivity index (χ0v) is 13.1. The lowest BCUT2D eigenvalue weighted by Gasteiger charge is -2.14. The fraction of sp³-hybridized carbons (Fsp3) is 0.133. The minimum absolute atomic E-state index is 0.153. The van der Waals surface area contributed by atoms with E-state index in [9.17, 15) is 4.39 Å². The first-order chi connectivity index (χ1) is 9.92. The SMILES string of the molecule is COc1cc(Cl)c(C)cc1Nc1ccc(C(N)=S)cc1F. The summed E-state index contributed by atoms with van der Waals surface area (Å²) < 4.78 is 19.3. The van der Waals surface area contributed by atoms with E-state index in [0.29, 0.717) is 27.7 Å². The number of hydrogen-bond acceptors (Lipinski definition) is 3. The lowest BCUT2D eigenvalue weighted by Crippen LogP contribution is -2.10. The molecule has 6 heteroatoms. The maximum absolute atomic E-state index is 14.1. The molecular weight excluding hydrogens is 311 g/mol. The monoisotopic (exact) mass is 324 g/mol. The number of nitrogens with two attached hydrogens (primary N) is 1. The molecule has 3 N–H and O–H groups in total. The van der Waals surface area contributed by atoms with Gasteiger partial charge in [-0.15, -0.1) is 0 Å².